The van der Waals surface area contributed by atoms with Crippen LogP contribution in [0.25, 0.3) is 10.9 Å². The van der Waals surface area contributed by atoms with Gasteiger partial charge in [0, 0.05) is 17.1 Å². The minimum absolute atomic E-state index is 0.289. The number of aromatic nitrogens is 2. The second kappa shape index (κ2) is 6.20. The number of carbonyl (C=O) groups excluding carboxylic acids is 1. The molecule has 0 N–H and O–H groups in total. The molecule has 0 radical (unpaired) electrons. The zero-order valence-corrected chi connectivity index (χ0v) is 13.0. The summed E-state index contributed by atoms with van der Waals surface area (Å²) >= 11 is 0. The fraction of sp³-hybridized carbons (Fsp3) is 0.222. The number of pyridine rings is 1. The second-order valence-electron chi connectivity index (χ2n) is 5.31. The highest BCUT2D eigenvalue weighted by Crippen LogP contribution is 2.23. The van der Waals surface area contributed by atoms with Gasteiger partial charge in [0.2, 0.25) is 0 Å². The number of esters is 1. The number of fused-ring (bicyclic) bond motifs is 1. The van der Waals surface area contributed by atoms with Crippen molar-refractivity contribution in [2.75, 3.05) is 6.61 Å². The van der Waals surface area contributed by atoms with Crippen molar-refractivity contribution in [3.05, 3.63) is 65.4 Å². The third-order valence-electron chi connectivity index (χ3n) is 3.77. The number of halogens is 1. The number of rotatable bonds is 4. The molecule has 2 aromatic heterocycles. The summed E-state index contributed by atoms with van der Waals surface area (Å²) < 4.78 is 20.4. The van der Waals surface area contributed by atoms with E-state index in [1.54, 1.807) is 25.3 Å². The van der Waals surface area contributed by atoms with Crippen LogP contribution in [-0.2, 0) is 11.3 Å². The maximum atomic E-state index is 13.5. The highest BCUT2D eigenvalue weighted by Gasteiger charge is 2.18. The van der Waals surface area contributed by atoms with Gasteiger partial charge in [0.1, 0.15) is 11.5 Å². The predicted molar refractivity (Wildman–Crippen MR) is 85.9 cm³/mol. The van der Waals surface area contributed by atoms with Crippen molar-refractivity contribution >= 4 is 16.9 Å². The molecule has 5 heteroatoms. The van der Waals surface area contributed by atoms with Crippen molar-refractivity contribution < 1.29 is 13.9 Å². The van der Waals surface area contributed by atoms with E-state index in [1.165, 1.54) is 12.1 Å². The van der Waals surface area contributed by atoms with Crippen LogP contribution in [0.15, 0.2) is 42.6 Å². The van der Waals surface area contributed by atoms with Gasteiger partial charge < -0.3 is 9.30 Å². The fourth-order valence-corrected chi connectivity index (χ4v) is 2.62. The molecular weight excluding hydrogens is 295 g/mol. The smallest absolute Gasteiger partial charge is 0.354 e. The van der Waals surface area contributed by atoms with Gasteiger partial charge in [-0.15, -0.1) is 0 Å². The lowest BCUT2D eigenvalue weighted by Crippen LogP contribution is -2.14. The molecule has 3 aromatic rings. The first-order chi connectivity index (χ1) is 11.1. The molecule has 0 unspecified atom stereocenters. The van der Waals surface area contributed by atoms with Gasteiger partial charge in [0.25, 0.3) is 0 Å². The van der Waals surface area contributed by atoms with Crippen molar-refractivity contribution in [3.8, 4) is 0 Å². The number of carbonyl (C=O) groups is 1. The van der Waals surface area contributed by atoms with E-state index in [-0.39, 0.29) is 12.4 Å². The third-order valence-corrected chi connectivity index (χ3v) is 3.77. The van der Waals surface area contributed by atoms with E-state index in [1.807, 2.05) is 23.6 Å². The lowest BCUT2D eigenvalue weighted by atomic mass is 10.2. The quantitative estimate of drug-likeness (QED) is 0.690. The Morgan fingerprint density at radius 2 is 2.13 bits per heavy atom. The molecular formula is C18H17FN2O2. The molecule has 0 atom stereocenters. The molecule has 3 rings (SSSR count). The van der Waals surface area contributed by atoms with Gasteiger partial charge in [-0.3, -0.25) is 4.98 Å². The van der Waals surface area contributed by atoms with E-state index in [4.69, 9.17) is 4.74 Å². The number of aryl methyl sites for hydroxylation is 1. The van der Waals surface area contributed by atoms with Crippen LogP contribution in [0.1, 0.15) is 28.7 Å². The molecule has 118 valence electrons. The molecule has 0 aliphatic heterocycles. The zero-order chi connectivity index (χ0) is 16.4. The summed E-state index contributed by atoms with van der Waals surface area (Å²) in [7, 11) is 0. The lowest BCUT2D eigenvalue weighted by molar-refractivity contribution is 0.0515. The molecule has 23 heavy (non-hydrogen) atoms. The Hall–Kier alpha value is -2.69. The van der Waals surface area contributed by atoms with Gasteiger partial charge in [-0.05, 0) is 49.7 Å². The molecule has 4 nitrogen and oxygen atoms in total. The van der Waals surface area contributed by atoms with Gasteiger partial charge in [-0.1, -0.05) is 6.07 Å². The Morgan fingerprint density at radius 1 is 1.30 bits per heavy atom. The summed E-state index contributed by atoms with van der Waals surface area (Å²) in [5.41, 5.74) is 3.07. The molecule has 0 aliphatic carbocycles. The monoisotopic (exact) mass is 312 g/mol. The average molecular weight is 312 g/mol. The highest BCUT2D eigenvalue weighted by atomic mass is 19.1. The van der Waals surface area contributed by atoms with Gasteiger partial charge in [0.05, 0.1) is 18.8 Å². The first kappa shape index (κ1) is 15.2. The van der Waals surface area contributed by atoms with Crippen LogP contribution in [0, 0.1) is 12.7 Å². The van der Waals surface area contributed by atoms with E-state index in [9.17, 15) is 9.18 Å². The fourth-order valence-electron chi connectivity index (χ4n) is 2.62. The first-order valence-corrected chi connectivity index (χ1v) is 7.46. The van der Waals surface area contributed by atoms with Crippen molar-refractivity contribution in [2.45, 2.75) is 20.4 Å². The molecule has 1 aromatic carbocycles. The van der Waals surface area contributed by atoms with Crippen LogP contribution in [-0.4, -0.2) is 22.1 Å². The molecule has 0 saturated carbocycles. The average Bonchev–Trinajstić information content (AvgIpc) is 2.87. The highest BCUT2D eigenvalue weighted by molar-refractivity contribution is 5.95. The number of ether oxygens (including phenoxy) is 1. The number of nitrogens with zero attached hydrogens (tertiary/aromatic N) is 2. The molecule has 0 spiro atoms. The maximum absolute atomic E-state index is 13.5. The molecule has 0 fully saturated rings. The van der Waals surface area contributed by atoms with Crippen LogP contribution in [0.2, 0.25) is 0 Å². The Morgan fingerprint density at radius 3 is 2.87 bits per heavy atom. The summed E-state index contributed by atoms with van der Waals surface area (Å²) in [5, 5.41) is 0.668. The van der Waals surface area contributed by atoms with Crippen LogP contribution < -0.4 is 0 Å². The Bertz CT molecular complexity index is 871. The first-order valence-electron chi connectivity index (χ1n) is 7.46. The van der Waals surface area contributed by atoms with Crippen LogP contribution in [0.5, 0.6) is 0 Å². The van der Waals surface area contributed by atoms with Crippen molar-refractivity contribution in [1.82, 2.24) is 9.55 Å². The number of hydrogen-bond acceptors (Lipinski definition) is 3. The Labute approximate surface area is 133 Å². The molecule has 2 heterocycles. The largest absolute Gasteiger partial charge is 0.461 e. The van der Waals surface area contributed by atoms with Crippen molar-refractivity contribution in [1.29, 1.82) is 0 Å². The van der Waals surface area contributed by atoms with Crippen LogP contribution >= 0.6 is 0 Å². The Kier molecular flexibility index (Phi) is 4.10. The molecule has 0 amide bonds. The van der Waals surface area contributed by atoms with E-state index in [0.29, 0.717) is 17.6 Å². The number of hydrogen-bond donors (Lipinski definition) is 0. The summed E-state index contributed by atoms with van der Waals surface area (Å²) in [4.78, 5) is 16.6. The number of benzene rings is 1. The maximum Gasteiger partial charge on any atom is 0.354 e. The van der Waals surface area contributed by atoms with Crippen molar-refractivity contribution in [3.63, 3.8) is 0 Å². The Balaban J connectivity index is 2.14. The summed E-state index contributed by atoms with van der Waals surface area (Å²) in [6.07, 6.45) is 1.72. The minimum Gasteiger partial charge on any atom is -0.461 e. The topological polar surface area (TPSA) is 44.1 Å². The summed E-state index contributed by atoms with van der Waals surface area (Å²) in [6, 6.07) is 9.98. The van der Waals surface area contributed by atoms with Gasteiger partial charge in [-0.2, -0.15) is 0 Å². The predicted octanol–water partition coefficient (Wildman–Crippen LogP) is 3.71. The normalized spacial score (nSPS) is 10.9. The third kappa shape index (κ3) is 2.95. The van der Waals surface area contributed by atoms with Crippen LogP contribution in [0.4, 0.5) is 4.39 Å². The lowest BCUT2D eigenvalue weighted by Gasteiger charge is -2.11. The second-order valence-corrected chi connectivity index (χ2v) is 5.31. The van der Waals surface area contributed by atoms with Gasteiger partial charge in [-0.25, -0.2) is 9.18 Å². The standard InChI is InChI=1S/C18H17FN2O2/c1-3-23-18(22)17-10-13-9-14(19)6-7-16(13)21(17)11-15-12(2)5-4-8-20-15/h4-10H,3,11H2,1-2H3. The van der Waals surface area contributed by atoms with Gasteiger partial charge in [0.15, 0.2) is 0 Å². The van der Waals surface area contributed by atoms with E-state index < -0.39 is 5.97 Å². The van der Waals surface area contributed by atoms with Crippen molar-refractivity contribution in [2.24, 2.45) is 0 Å². The zero-order valence-electron chi connectivity index (χ0n) is 13.0. The van der Waals surface area contributed by atoms with E-state index in [0.717, 1.165) is 16.8 Å². The summed E-state index contributed by atoms with van der Waals surface area (Å²) in [6.45, 7) is 4.44. The van der Waals surface area contributed by atoms with E-state index >= 15 is 0 Å². The summed E-state index contributed by atoms with van der Waals surface area (Å²) in [5.74, 6) is -0.753. The minimum atomic E-state index is -0.419. The molecule has 0 bridgehead atoms. The SMILES string of the molecule is CCOC(=O)c1cc2cc(F)ccc2n1Cc1ncccc1C. The van der Waals surface area contributed by atoms with Crippen LogP contribution in [0.3, 0.4) is 0 Å². The van der Waals surface area contributed by atoms with Gasteiger partial charge >= 0.3 is 5.97 Å². The molecule has 0 saturated heterocycles. The van der Waals surface area contributed by atoms with E-state index in [2.05, 4.69) is 4.98 Å². The molecule has 0 aliphatic rings.